The number of amides is 4. The second kappa shape index (κ2) is 8.77. The minimum absolute atomic E-state index is 0.192. The lowest BCUT2D eigenvalue weighted by Crippen LogP contribution is -2.44. The molecule has 1 heterocycles. The molecule has 3 rings (SSSR count). The summed E-state index contributed by atoms with van der Waals surface area (Å²) in [6, 6.07) is 14.7. The summed E-state index contributed by atoms with van der Waals surface area (Å²) >= 11 is 0. The molecule has 30 heavy (non-hydrogen) atoms. The zero-order valence-electron chi connectivity index (χ0n) is 16.8. The summed E-state index contributed by atoms with van der Waals surface area (Å²) in [5, 5.41) is 5.32. The molecule has 0 unspecified atom stereocenters. The smallest absolute Gasteiger partial charge is 0.340 e. The Hall–Kier alpha value is -3.68. The minimum Gasteiger partial charge on any atom is -0.462 e. The van der Waals surface area contributed by atoms with Crippen molar-refractivity contribution in [1.82, 2.24) is 10.2 Å². The predicted octanol–water partition coefficient (Wildman–Crippen LogP) is 2.66. The summed E-state index contributed by atoms with van der Waals surface area (Å²) in [4.78, 5) is 51.2. The molecule has 1 saturated heterocycles. The topological polar surface area (TPSA) is 105 Å². The molecule has 1 atom stereocenters. The SMILES string of the molecule is CCOC(=O)c1ccccc1NC(=O)CN1C(=O)N[C@](CC)(c2ccccc2)C1=O. The highest BCUT2D eigenvalue weighted by molar-refractivity contribution is 6.11. The maximum absolute atomic E-state index is 13.1. The number of benzene rings is 2. The van der Waals surface area contributed by atoms with Crippen LogP contribution in [0.25, 0.3) is 0 Å². The van der Waals surface area contributed by atoms with E-state index in [9.17, 15) is 19.2 Å². The first-order valence-electron chi connectivity index (χ1n) is 9.68. The van der Waals surface area contributed by atoms with Crippen LogP contribution in [0.4, 0.5) is 10.5 Å². The summed E-state index contributed by atoms with van der Waals surface area (Å²) in [6.45, 7) is 3.20. The molecule has 156 valence electrons. The summed E-state index contributed by atoms with van der Waals surface area (Å²) in [5.74, 6) is -1.66. The highest BCUT2D eigenvalue weighted by atomic mass is 16.5. The molecular weight excluding hydrogens is 386 g/mol. The van der Waals surface area contributed by atoms with Gasteiger partial charge in [0.1, 0.15) is 12.1 Å². The van der Waals surface area contributed by atoms with Crippen molar-refractivity contribution >= 4 is 29.5 Å². The first kappa shape index (κ1) is 21.0. The van der Waals surface area contributed by atoms with Gasteiger partial charge in [0.15, 0.2) is 0 Å². The van der Waals surface area contributed by atoms with Crippen LogP contribution in [0.1, 0.15) is 36.2 Å². The fourth-order valence-corrected chi connectivity index (χ4v) is 3.44. The predicted molar refractivity (Wildman–Crippen MR) is 110 cm³/mol. The van der Waals surface area contributed by atoms with E-state index in [1.54, 1.807) is 56.3 Å². The molecule has 0 aromatic heterocycles. The van der Waals surface area contributed by atoms with Crippen molar-refractivity contribution in [2.24, 2.45) is 0 Å². The molecule has 2 N–H and O–H groups in total. The summed E-state index contributed by atoms with van der Waals surface area (Å²) in [6.07, 6.45) is 0.339. The van der Waals surface area contributed by atoms with Crippen molar-refractivity contribution in [1.29, 1.82) is 0 Å². The maximum atomic E-state index is 13.1. The number of anilines is 1. The number of carbonyl (C=O) groups is 4. The molecule has 0 aliphatic carbocycles. The summed E-state index contributed by atoms with van der Waals surface area (Å²) < 4.78 is 4.99. The Balaban J connectivity index is 1.78. The van der Waals surface area contributed by atoms with Gasteiger partial charge in [-0.2, -0.15) is 0 Å². The van der Waals surface area contributed by atoms with E-state index in [4.69, 9.17) is 4.74 Å². The number of esters is 1. The van der Waals surface area contributed by atoms with Crippen molar-refractivity contribution in [3.8, 4) is 0 Å². The fraction of sp³-hybridized carbons (Fsp3) is 0.273. The van der Waals surface area contributed by atoms with Gasteiger partial charge in [-0.1, -0.05) is 49.4 Å². The standard InChI is InChI=1S/C22H23N3O5/c1-3-22(15-10-6-5-7-11-15)20(28)25(21(29)24-22)14-18(26)23-17-13-9-8-12-16(17)19(27)30-4-2/h5-13H,3-4,14H2,1-2H3,(H,23,26)(H,24,29)/t22-/m1/s1. The van der Waals surface area contributed by atoms with Crippen LogP contribution in [0, 0.1) is 0 Å². The van der Waals surface area contributed by atoms with E-state index in [2.05, 4.69) is 10.6 Å². The molecule has 0 spiro atoms. The van der Waals surface area contributed by atoms with Crippen LogP contribution in [0.2, 0.25) is 0 Å². The van der Waals surface area contributed by atoms with Gasteiger partial charge in [-0.15, -0.1) is 0 Å². The average molecular weight is 409 g/mol. The van der Waals surface area contributed by atoms with E-state index in [1.807, 2.05) is 6.07 Å². The van der Waals surface area contributed by atoms with E-state index in [0.717, 1.165) is 4.90 Å². The first-order valence-corrected chi connectivity index (χ1v) is 9.68. The van der Waals surface area contributed by atoms with Crippen LogP contribution < -0.4 is 10.6 Å². The lowest BCUT2D eigenvalue weighted by atomic mass is 9.87. The average Bonchev–Trinajstić information content (AvgIpc) is 3.00. The molecule has 1 aliphatic rings. The molecule has 2 aromatic carbocycles. The van der Waals surface area contributed by atoms with Gasteiger partial charge in [0.2, 0.25) is 5.91 Å². The van der Waals surface area contributed by atoms with Crippen molar-refractivity contribution in [3.05, 3.63) is 65.7 Å². The Bertz CT molecular complexity index is 976. The number of hydrogen-bond acceptors (Lipinski definition) is 5. The molecule has 2 aromatic rings. The summed E-state index contributed by atoms with van der Waals surface area (Å²) in [5.41, 5.74) is -0.113. The Morgan fingerprint density at radius 2 is 1.70 bits per heavy atom. The number of nitrogens with zero attached hydrogens (tertiary/aromatic N) is 1. The molecule has 0 bridgehead atoms. The fourth-order valence-electron chi connectivity index (χ4n) is 3.44. The van der Waals surface area contributed by atoms with Gasteiger partial charge >= 0.3 is 12.0 Å². The number of para-hydroxylation sites is 1. The zero-order valence-corrected chi connectivity index (χ0v) is 16.8. The van der Waals surface area contributed by atoms with Gasteiger partial charge in [0.05, 0.1) is 17.9 Å². The molecule has 1 fully saturated rings. The number of hydrogen-bond donors (Lipinski definition) is 2. The molecule has 0 saturated carbocycles. The Morgan fingerprint density at radius 3 is 2.37 bits per heavy atom. The van der Waals surface area contributed by atoms with Gasteiger partial charge < -0.3 is 15.4 Å². The number of ether oxygens (including phenoxy) is 1. The van der Waals surface area contributed by atoms with Crippen LogP contribution in [0.5, 0.6) is 0 Å². The number of nitrogens with one attached hydrogen (secondary N) is 2. The highest BCUT2D eigenvalue weighted by Crippen LogP contribution is 2.32. The third-order valence-electron chi connectivity index (χ3n) is 4.97. The van der Waals surface area contributed by atoms with E-state index in [1.165, 1.54) is 6.07 Å². The molecule has 8 heteroatoms. The minimum atomic E-state index is -1.21. The second-order valence-electron chi connectivity index (χ2n) is 6.76. The lowest BCUT2D eigenvalue weighted by Gasteiger charge is -2.25. The van der Waals surface area contributed by atoms with Crippen LogP contribution in [0.15, 0.2) is 54.6 Å². The quantitative estimate of drug-likeness (QED) is 0.540. The molecule has 4 amide bonds. The van der Waals surface area contributed by atoms with Gasteiger partial charge in [-0.05, 0) is 31.0 Å². The second-order valence-corrected chi connectivity index (χ2v) is 6.76. The van der Waals surface area contributed by atoms with Crippen LogP contribution in [-0.4, -0.2) is 41.9 Å². The number of imide groups is 1. The number of urea groups is 1. The third kappa shape index (κ3) is 3.89. The summed E-state index contributed by atoms with van der Waals surface area (Å²) in [7, 11) is 0. The van der Waals surface area contributed by atoms with Crippen LogP contribution >= 0.6 is 0 Å². The van der Waals surface area contributed by atoms with Gasteiger partial charge in [-0.25, -0.2) is 9.59 Å². The Morgan fingerprint density at radius 1 is 1.03 bits per heavy atom. The van der Waals surface area contributed by atoms with Crippen molar-refractivity contribution in [2.45, 2.75) is 25.8 Å². The van der Waals surface area contributed by atoms with E-state index in [0.29, 0.717) is 12.0 Å². The molecule has 8 nitrogen and oxygen atoms in total. The largest absolute Gasteiger partial charge is 0.462 e. The van der Waals surface area contributed by atoms with E-state index >= 15 is 0 Å². The molecule has 1 aliphatic heterocycles. The van der Waals surface area contributed by atoms with E-state index < -0.39 is 35.9 Å². The third-order valence-corrected chi connectivity index (χ3v) is 4.97. The number of carbonyl (C=O) groups excluding carboxylic acids is 4. The van der Waals surface area contributed by atoms with Crippen LogP contribution in [-0.2, 0) is 19.9 Å². The van der Waals surface area contributed by atoms with Crippen LogP contribution in [0.3, 0.4) is 0 Å². The first-order chi connectivity index (χ1) is 14.4. The van der Waals surface area contributed by atoms with Gasteiger partial charge in [-0.3, -0.25) is 14.5 Å². The highest BCUT2D eigenvalue weighted by Gasteiger charge is 2.51. The van der Waals surface area contributed by atoms with Gasteiger partial charge in [0.25, 0.3) is 5.91 Å². The zero-order chi connectivity index (χ0) is 21.7. The number of rotatable bonds is 7. The van der Waals surface area contributed by atoms with E-state index in [-0.39, 0.29) is 17.9 Å². The van der Waals surface area contributed by atoms with Crippen molar-refractivity contribution in [3.63, 3.8) is 0 Å². The monoisotopic (exact) mass is 409 g/mol. The molecular formula is C22H23N3O5. The van der Waals surface area contributed by atoms with Crippen molar-refractivity contribution in [2.75, 3.05) is 18.5 Å². The maximum Gasteiger partial charge on any atom is 0.340 e. The normalized spacial score (nSPS) is 18.1. The molecule has 0 radical (unpaired) electrons. The van der Waals surface area contributed by atoms with Crippen molar-refractivity contribution < 1.29 is 23.9 Å². The van der Waals surface area contributed by atoms with Gasteiger partial charge in [0, 0.05) is 0 Å². The lowest BCUT2D eigenvalue weighted by molar-refractivity contribution is -0.134. The Kier molecular flexibility index (Phi) is 6.15. The Labute approximate surface area is 174 Å².